The lowest BCUT2D eigenvalue weighted by Gasteiger charge is -2.42. The Morgan fingerprint density at radius 3 is 1.57 bits per heavy atom. The zero-order valence-corrected chi connectivity index (χ0v) is 19.3. The van der Waals surface area contributed by atoms with Crippen LogP contribution in [0.3, 0.4) is 0 Å². The van der Waals surface area contributed by atoms with Gasteiger partial charge in [0.15, 0.2) is 6.29 Å². The van der Waals surface area contributed by atoms with Gasteiger partial charge in [0.05, 0.1) is 19.3 Å². The molecule has 0 amide bonds. The van der Waals surface area contributed by atoms with Crippen molar-refractivity contribution in [3.63, 3.8) is 0 Å². The fraction of sp³-hybridized carbons (Fsp3) is 0.800. The molecule has 0 aromatic rings. The number of carbonyl (C=O) groups is 4. The van der Waals surface area contributed by atoms with Crippen LogP contribution in [0.15, 0.2) is 0 Å². The van der Waals surface area contributed by atoms with E-state index in [2.05, 4.69) is 0 Å². The molecular weight excluding hydrogens is 512 g/mol. The van der Waals surface area contributed by atoms with Gasteiger partial charge < -0.3 is 64.5 Å². The van der Waals surface area contributed by atoms with Gasteiger partial charge in [0.1, 0.15) is 68.8 Å². The van der Waals surface area contributed by atoms with Crippen molar-refractivity contribution >= 4 is 23.9 Å². The molecule has 0 saturated carbocycles. The molecule has 0 aliphatic carbocycles. The van der Waals surface area contributed by atoms with Crippen LogP contribution in [0.25, 0.3) is 0 Å². The number of aliphatic hydroxyl groups excluding tert-OH is 6. The molecule has 2 saturated heterocycles. The van der Waals surface area contributed by atoms with Crippen molar-refractivity contribution in [3.8, 4) is 0 Å². The molecule has 0 aromatic heterocycles. The fourth-order valence-corrected chi connectivity index (χ4v) is 3.69. The molecular formula is C20H30O17. The highest BCUT2D eigenvalue weighted by Gasteiger charge is 2.46. The van der Waals surface area contributed by atoms with Gasteiger partial charge in [0.25, 0.3) is 0 Å². The van der Waals surface area contributed by atoms with Crippen molar-refractivity contribution < 1.29 is 83.7 Å². The van der Waals surface area contributed by atoms with E-state index in [1.807, 2.05) is 0 Å². The van der Waals surface area contributed by atoms with Crippen molar-refractivity contribution in [2.75, 3.05) is 26.4 Å². The summed E-state index contributed by atoms with van der Waals surface area (Å²) < 4.78 is 25.4. The topological polar surface area (TPSA) is 276 Å². The van der Waals surface area contributed by atoms with Crippen LogP contribution in [0, 0.1) is 5.92 Å². The van der Waals surface area contributed by atoms with E-state index in [4.69, 9.17) is 33.9 Å². The maximum absolute atomic E-state index is 11.5. The molecule has 2 rings (SSSR count). The van der Waals surface area contributed by atoms with Gasteiger partial charge in [-0.25, -0.2) is 0 Å². The molecule has 2 heterocycles. The van der Waals surface area contributed by atoms with Crippen LogP contribution in [-0.2, 0) is 42.9 Å². The van der Waals surface area contributed by atoms with Gasteiger partial charge in [0, 0.05) is 5.92 Å². The molecule has 2 aliphatic heterocycles. The Labute approximate surface area is 208 Å². The molecule has 212 valence electrons. The van der Waals surface area contributed by atoms with Gasteiger partial charge in [-0.05, 0) is 0 Å². The Hall–Kier alpha value is -2.48. The molecule has 17 heteroatoms. The average molecular weight is 542 g/mol. The summed E-state index contributed by atoms with van der Waals surface area (Å²) in [5.41, 5.74) is 0. The summed E-state index contributed by atoms with van der Waals surface area (Å²) in [6, 6.07) is 0. The second-order valence-corrected chi connectivity index (χ2v) is 8.44. The third kappa shape index (κ3) is 8.80. The molecule has 37 heavy (non-hydrogen) atoms. The Morgan fingerprint density at radius 2 is 1.05 bits per heavy atom. The van der Waals surface area contributed by atoms with Gasteiger partial charge >= 0.3 is 23.9 Å². The minimum atomic E-state index is -1.85. The van der Waals surface area contributed by atoms with E-state index in [-0.39, 0.29) is 0 Å². The lowest BCUT2D eigenvalue weighted by Crippen LogP contribution is -2.60. The lowest BCUT2D eigenvalue weighted by molar-refractivity contribution is -0.283. The van der Waals surface area contributed by atoms with Crippen LogP contribution >= 0.6 is 0 Å². The maximum Gasteiger partial charge on any atom is 0.317 e. The number of ether oxygens (including phenoxy) is 5. The van der Waals surface area contributed by atoms with Crippen LogP contribution in [0.4, 0.5) is 0 Å². The smallest absolute Gasteiger partial charge is 0.317 e. The van der Waals surface area contributed by atoms with Crippen LogP contribution in [0.2, 0.25) is 0 Å². The highest BCUT2D eigenvalue weighted by Crippen LogP contribution is 2.27. The molecule has 8 N–H and O–H groups in total. The van der Waals surface area contributed by atoms with E-state index < -0.39 is 124 Å². The maximum atomic E-state index is 11.5. The zero-order valence-electron chi connectivity index (χ0n) is 19.3. The second-order valence-electron chi connectivity index (χ2n) is 8.44. The predicted molar refractivity (Wildman–Crippen MR) is 110 cm³/mol. The summed E-state index contributed by atoms with van der Waals surface area (Å²) in [4.78, 5) is 44.1. The van der Waals surface area contributed by atoms with E-state index in [0.717, 1.165) is 0 Å². The lowest BCUT2D eigenvalue weighted by atomic mass is 9.90. The number of hydrogen-bond acceptors (Lipinski definition) is 15. The van der Waals surface area contributed by atoms with Crippen molar-refractivity contribution in [2.24, 2.45) is 5.92 Å². The van der Waals surface area contributed by atoms with E-state index in [9.17, 15) is 49.8 Å². The van der Waals surface area contributed by atoms with Crippen molar-refractivity contribution in [1.82, 2.24) is 0 Å². The first-order chi connectivity index (χ1) is 17.3. The van der Waals surface area contributed by atoms with Crippen molar-refractivity contribution in [1.29, 1.82) is 0 Å². The Balaban J connectivity index is 1.96. The average Bonchev–Trinajstić information content (AvgIpc) is 2.81. The number of aliphatic carboxylic acids is 2. The molecule has 0 aromatic carbocycles. The number of carboxylic acid groups (broad SMARTS) is 2. The van der Waals surface area contributed by atoms with E-state index in [1.165, 1.54) is 0 Å². The molecule has 0 spiro atoms. The number of carbonyl (C=O) groups excluding carboxylic acids is 2. The number of carboxylic acids is 2. The second kappa shape index (κ2) is 13.9. The Bertz CT molecular complexity index is 804. The van der Waals surface area contributed by atoms with Crippen molar-refractivity contribution in [3.05, 3.63) is 0 Å². The number of hydrogen-bond donors (Lipinski definition) is 8. The first-order valence-corrected chi connectivity index (χ1v) is 11.0. The SMILES string of the molecule is O=C(O)CC(=O)OCC1OC(COCC2C(COC(=O)CC(=O)O)OC(O)C(O)C2O)C(O)C(O)C1O. The van der Waals surface area contributed by atoms with Gasteiger partial charge in [0.2, 0.25) is 0 Å². The largest absolute Gasteiger partial charge is 0.481 e. The Kier molecular flexibility index (Phi) is 11.5. The van der Waals surface area contributed by atoms with Gasteiger partial charge in [-0.1, -0.05) is 0 Å². The third-order valence-corrected chi connectivity index (χ3v) is 5.68. The molecule has 0 radical (unpaired) electrons. The van der Waals surface area contributed by atoms with E-state index in [0.29, 0.717) is 0 Å². The summed E-state index contributed by atoms with van der Waals surface area (Å²) in [5, 5.41) is 77.6. The number of esters is 2. The van der Waals surface area contributed by atoms with Crippen LogP contribution in [-0.4, -0.2) is 146 Å². The summed E-state index contributed by atoms with van der Waals surface area (Å²) in [7, 11) is 0. The summed E-state index contributed by atoms with van der Waals surface area (Å²) >= 11 is 0. The quantitative estimate of drug-likeness (QED) is 0.0846. The molecule has 2 aliphatic rings. The van der Waals surface area contributed by atoms with E-state index in [1.54, 1.807) is 0 Å². The highest BCUT2D eigenvalue weighted by atomic mass is 16.6. The minimum absolute atomic E-state index is 0.435. The summed E-state index contributed by atoms with van der Waals surface area (Å²) in [6.45, 7) is -2.15. The predicted octanol–water partition coefficient (Wildman–Crippen LogP) is -5.06. The fourth-order valence-electron chi connectivity index (χ4n) is 3.69. The Morgan fingerprint density at radius 1 is 0.568 bits per heavy atom. The highest BCUT2D eigenvalue weighted by molar-refractivity contribution is 5.90. The molecule has 2 fully saturated rings. The van der Waals surface area contributed by atoms with Gasteiger partial charge in [-0.15, -0.1) is 0 Å². The van der Waals surface area contributed by atoms with Crippen LogP contribution < -0.4 is 0 Å². The minimum Gasteiger partial charge on any atom is -0.481 e. The number of aliphatic hydroxyl groups is 6. The summed E-state index contributed by atoms with van der Waals surface area (Å²) in [5.74, 6) is -6.26. The van der Waals surface area contributed by atoms with Crippen molar-refractivity contribution in [2.45, 2.75) is 68.0 Å². The normalized spacial score (nSPS) is 35.9. The van der Waals surface area contributed by atoms with Crippen LogP contribution in [0.5, 0.6) is 0 Å². The summed E-state index contributed by atoms with van der Waals surface area (Å²) in [6.07, 6.45) is -16.2. The zero-order chi connectivity index (χ0) is 27.9. The van der Waals surface area contributed by atoms with Gasteiger partial charge in [-0.3, -0.25) is 19.2 Å². The first kappa shape index (κ1) is 30.7. The van der Waals surface area contributed by atoms with Crippen LogP contribution in [0.1, 0.15) is 12.8 Å². The third-order valence-electron chi connectivity index (χ3n) is 5.68. The molecule has 0 bridgehead atoms. The molecule has 17 nitrogen and oxygen atoms in total. The van der Waals surface area contributed by atoms with Gasteiger partial charge in [-0.2, -0.15) is 0 Å². The van der Waals surface area contributed by atoms with E-state index >= 15 is 0 Å². The monoisotopic (exact) mass is 542 g/mol. The first-order valence-electron chi connectivity index (χ1n) is 11.0. The molecule has 10 atom stereocenters. The number of rotatable bonds is 12. The molecule has 10 unspecified atom stereocenters. The standard InChI is InChI=1S/C20H30O17/c21-11(22)1-13(25)34-5-8-7(15(27)19(31)20(32)37-8)3-33-4-9-16(28)18(30)17(29)10(36-9)6-35-14(26)2-12(23)24/h7-10,15-20,27-32H,1-6H2,(H,21,22)(H,23,24).